The molecule has 2 rings (SSSR count). The summed E-state index contributed by atoms with van der Waals surface area (Å²) in [4.78, 5) is 28.6. The van der Waals surface area contributed by atoms with Gasteiger partial charge in [0.25, 0.3) is 5.56 Å². The lowest BCUT2D eigenvalue weighted by molar-refractivity contribution is -0.137. The van der Waals surface area contributed by atoms with Crippen molar-refractivity contribution >= 4 is 28.6 Å². The van der Waals surface area contributed by atoms with E-state index in [0.717, 1.165) is 11.8 Å². The quantitative estimate of drug-likeness (QED) is 0.658. The third-order valence-corrected chi connectivity index (χ3v) is 4.35. The number of thioether (sulfide) groups is 1. The normalized spacial score (nSPS) is 13.0. The molecule has 0 aliphatic carbocycles. The summed E-state index contributed by atoms with van der Waals surface area (Å²) >= 11 is 0.955. The molecule has 0 aliphatic rings. The zero-order valence-electron chi connectivity index (χ0n) is 13.1. The minimum atomic E-state index is -4.47. The van der Waals surface area contributed by atoms with Crippen molar-refractivity contribution in [3.05, 3.63) is 34.6 Å². The van der Waals surface area contributed by atoms with E-state index in [0.29, 0.717) is 22.6 Å². The maximum atomic E-state index is 12.4. The van der Waals surface area contributed by atoms with Gasteiger partial charge in [0.05, 0.1) is 16.2 Å². The van der Waals surface area contributed by atoms with E-state index in [1.54, 1.807) is 31.2 Å². The van der Waals surface area contributed by atoms with Crippen LogP contribution in [0.4, 0.5) is 13.2 Å². The fraction of sp³-hybridized carbons (Fsp3) is 0.400. The van der Waals surface area contributed by atoms with E-state index >= 15 is 0 Å². The van der Waals surface area contributed by atoms with Crippen molar-refractivity contribution in [2.75, 3.05) is 6.54 Å². The minimum absolute atomic E-state index is 0.242. The zero-order valence-corrected chi connectivity index (χ0v) is 13.9. The molecule has 24 heavy (non-hydrogen) atoms. The smallest absolute Gasteiger partial charge is 0.346 e. The number of rotatable bonds is 5. The number of carbonyl (C=O) groups excluding carboxylic acids is 1. The number of hydrogen-bond donors (Lipinski definition) is 1. The van der Waals surface area contributed by atoms with Crippen LogP contribution >= 0.6 is 11.8 Å². The first-order valence-electron chi connectivity index (χ1n) is 7.23. The molecule has 0 aliphatic heterocycles. The van der Waals surface area contributed by atoms with Crippen molar-refractivity contribution in [2.24, 2.45) is 0 Å². The number of carbonyl (C=O) groups is 1. The Bertz CT molecular complexity index is 805. The molecule has 5 nitrogen and oxygen atoms in total. The number of para-hydroxylation sites is 1. The monoisotopic (exact) mass is 359 g/mol. The summed E-state index contributed by atoms with van der Waals surface area (Å²) in [6, 6.07) is 6.80. The molecule has 1 aromatic heterocycles. The molecule has 130 valence electrons. The molecule has 0 unspecified atom stereocenters. The molecular weight excluding hydrogens is 343 g/mol. The SMILES string of the molecule is CCn1c(S[C@H](C)C(=O)NCC(F)(F)F)nc2ccccc2c1=O. The highest BCUT2D eigenvalue weighted by atomic mass is 32.2. The lowest BCUT2D eigenvalue weighted by Crippen LogP contribution is -2.38. The molecule has 0 radical (unpaired) electrons. The molecule has 0 bridgehead atoms. The Morgan fingerprint density at radius 1 is 1.38 bits per heavy atom. The van der Waals surface area contributed by atoms with Crippen molar-refractivity contribution in [3.8, 4) is 0 Å². The number of benzene rings is 1. The summed E-state index contributed by atoms with van der Waals surface area (Å²) in [7, 11) is 0. The van der Waals surface area contributed by atoms with Crippen LogP contribution in [0, 0.1) is 0 Å². The van der Waals surface area contributed by atoms with Crippen LogP contribution in [0.5, 0.6) is 0 Å². The lowest BCUT2D eigenvalue weighted by Gasteiger charge is -2.16. The Hall–Kier alpha value is -2.03. The Kier molecular flexibility index (Phi) is 5.53. The molecule has 9 heteroatoms. The molecule has 1 heterocycles. The summed E-state index contributed by atoms with van der Waals surface area (Å²) in [5.74, 6) is -0.762. The van der Waals surface area contributed by atoms with Gasteiger partial charge in [-0.25, -0.2) is 4.98 Å². The molecule has 1 atom stereocenters. The van der Waals surface area contributed by atoms with Crippen molar-refractivity contribution in [1.29, 1.82) is 0 Å². The zero-order chi connectivity index (χ0) is 17.9. The summed E-state index contributed by atoms with van der Waals surface area (Å²) in [6.07, 6.45) is -4.47. The third-order valence-electron chi connectivity index (χ3n) is 3.26. The van der Waals surface area contributed by atoms with Crippen LogP contribution < -0.4 is 10.9 Å². The van der Waals surface area contributed by atoms with E-state index in [1.165, 1.54) is 11.5 Å². The first-order valence-corrected chi connectivity index (χ1v) is 8.11. The summed E-state index contributed by atoms with van der Waals surface area (Å²) in [5, 5.41) is 1.77. The standard InChI is InChI=1S/C15H16F3N3O2S/c1-3-21-13(23)10-6-4-5-7-11(10)20-14(21)24-9(2)12(22)19-8-15(16,17)18/h4-7,9H,3,8H2,1-2H3,(H,19,22)/t9-/m1/s1. The molecule has 0 saturated heterocycles. The van der Waals surface area contributed by atoms with Gasteiger partial charge in [-0.2, -0.15) is 13.2 Å². The highest BCUT2D eigenvalue weighted by Gasteiger charge is 2.29. The molecule has 0 spiro atoms. The molecule has 1 amide bonds. The van der Waals surface area contributed by atoms with Crippen LogP contribution in [-0.2, 0) is 11.3 Å². The number of nitrogens with one attached hydrogen (secondary N) is 1. The Morgan fingerprint density at radius 2 is 2.04 bits per heavy atom. The van der Waals surface area contributed by atoms with Gasteiger partial charge in [-0.15, -0.1) is 0 Å². The topological polar surface area (TPSA) is 64.0 Å². The maximum absolute atomic E-state index is 12.4. The van der Waals surface area contributed by atoms with Gasteiger partial charge in [0.15, 0.2) is 5.16 Å². The summed E-state index contributed by atoms with van der Waals surface area (Å²) < 4.78 is 37.9. The lowest BCUT2D eigenvalue weighted by atomic mass is 10.2. The van der Waals surface area contributed by atoms with Crippen LogP contribution in [-0.4, -0.2) is 33.4 Å². The highest BCUT2D eigenvalue weighted by molar-refractivity contribution is 8.00. The Morgan fingerprint density at radius 3 is 2.67 bits per heavy atom. The molecule has 1 N–H and O–H groups in total. The van der Waals surface area contributed by atoms with Crippen LogP contribution in [0.3, 0.4) is 0 Å². The molecular formula is C15H16F3N3O2S. The summed E-state index contributed by atoms with van der Waals surface area (Å²) in [5.41, 5.74) is 0.242. The van der Waals surface area contributed by atoms with Crippen LogP contribution in [0.25, 0.3) is 10.9 Å². The Balaban J connectivity index is 2.25. The van der Waals surface area contributed by atoms with E-state index in [-0.39, 0.29) is 5.56 Å². The number of nitrogens with zero attached hydrogens (tertiary/aromatic N) is 2. The first-order chi connectivity index (χ1) is 11.2. The number of amides is 1. The van der Waals surface area contributed by atoms with Gasteiger partial charge in [-0.3, -0.25) is 14.2 Å². The van der Waals surface area contributed by atoms with Crippen LogP contribution in [0.1, 0.15) is 13.8 Å². The van der Waals surface area contributed by atoms with Gasteiger partial charge in [-0.1, -0.05) is 23.9 Å². The molecule has 1 aromatic carbocycles. The minimum Gasteiger partial charge on any atom is -0.346 e. The second kappa shape index (κ2) is 7.25. The van der Waals surface area contributed by atoms with E-state index in [9.17, 15) is 22.8 Å². The van der Waals surface area contributed by atoms with Crippen LogP contribution in [0.15, 0.2) is 34.2 Å². The van der Waals surface area contributed by atoms with Gasteiger partial charge in [0.1, 0.15) is 6.54 Å². The van der Waals surface area contributed by atoms with Crippen molar-refractivity contribution in [2.45, 2.75) is 37.0 Å². The number of fused-ring (bicyclic) bond motifs is 1. The second-order valence-electron chi connectivity index (χ2n) is 5.05. The largest absolute Gasteiger partial charge is 0.405 e. The van der Waals surface area contributed by atoms with Gasteiger partial charge in [0.2, 0.25) is 5.91 Å². The number of alkyl halides is 3. The third kappa shape index (κ3) is 4.28. The van der Waals surface area contributed by atoms with Crippen molar-refractivity contribution < 1.29 is 18.0 Å². The van der Waals surface area contributed by atoms with Gasteiger partial charge in [-0.05, 0) is 26.0 Å². The number of aromatic nitrogens is 2. The fourth-order valence-electron chi connectivity index (χ4n) is 2.06. The van der Waals surface area contributed by atoms with Gasteiger partial charge >= 0.3 is 6.18 Å². The maximum Gasteiger partial charge on any atom is 0.405 e. The van der Waals surface area contributed by atoms with Crippen molar-refractivity contribution in [1.82, 2.24) is 14.9 Å². The Labute approximate surface area is 140 Å². The number of hydrogen-bond acceptors (Lipinski definition) is 4. The fourth-order valence-corrected chi connectivity index (χ4v) is 3.06. The highest BCUT2D eigenvalue weighted by Crippen LogP contribution is 2.23. The second-order valence-corrected chi connectivity index (χ2v) is 6.36. The van der Waals surface area contributed by atoms with Crippen LogP contribution in [0.2, 0.25) is 0 Å². The van der Waals surface area contributed by atoms with Gasteiger partial charge in [0, 0.05) is 6.54 Å². The predicted octanol–water partition coefficient (Wildman–Crippen LogP) is 2.58. The predicted molar refractivity (Wildman–Crippen MR) is 86.1 cm³/mol. The molecule has 0 saturated carbocycles. The van der Waals surface area contributed by atoms with E-state index < -0.39 is 23.9 Å². The first kappa shape index (κ1) is 18.3. The van der Waals surface area contributed by atoms with Gasteiger partial charge < -0.3 is 5.32 Å². The van der Waals surface area contributed by atoms with Crippen molar-refractivity contribution in [3.63, 3.8) is 0 Å². The average Bonchev–Trinajstić information content (AvgIpc) is 2.52. The molecule has 2 aromatic rings. The number of halogens is 3. The summed E-state index contributed by atoms with van der Waals surface area (Å²) in [6.45, 7) is 2.19. The average molecular weight is 359 g/mol. The van der Waals surface area contributed by atoms with E-state index in [2.05, 4.69) is 4.98 Å². The molecule has 0 fully saturated rings. The van der Waals surface area contributed by atoms with E-state index in [4.69, 9.17) is 0 Å². The van der Waals surface area contributed by atoms with E-state index in [1.807, 2.05) is 5.32 Å².